The minimum Gasteiger partial charge on any atom is -0.383 e. The normalized spacial score (nSPS) is 15.9. The van der Waals surface area contributed by atoms with Crippen LogP contribution >= 0.6 is 11.3 Å². The minimum absolute atomic E-state index is 0.0718. The molecule has 1 aliphatic rings. The molecule has 1 fully saturated rings. The largest absolute Gasteiger partial charge is 0.383 e. The first kappa shape index (κ1) is 19.0. The maximum atomic E-state index is 11.9. The van der Waals surface area contributed by atoms with Crippen molar-refractivity contribution in [3.8, 4) is 10.6 Å². The molecule has 6 nitrogen and oxygen atoms in total. The molecule has 1 saturated heterocycles. The molecule has 26 heavy (non-hydrogen) atoms. The Morgan fingerprint density at radius 3 is 2.65 bits per heavy atom. The van der Waals surface area contributed by atoms with E-state index < -0.39 is 0 Å². The van der Waals surface area contributed by atoms with Crippen molar-refractivity contribution in [2.45, 2.75) is 6.54 Å². The molecule has 0 saturated carbocycles. The number of aromatic nitrogens is 1. The van der Waals surface area contributed by atoms with Crippen LogP contribution in [0, 0.1) is 0 Å². The molecular weight excluding hydrogens is 348 g/mol. The zero-order valence-corrected chi connectivity index (χ0v) is 16.0. The lowest BCUT2D eigenvalue weighted by Gasteiger charge is -2.33. The van der Waals surface area contributed by atoms with Crippen molar-refractivity contribution >= 4 is 17.2 Å². The molecular formula is C19H26N4O2S. The minimum atomic E-state index is 0.0718. The van der Waals surface area contributed by atoms with E-state index in [4.69, 9.17) is 9.72 Å². The average Bonchev–Trinajstić information content (AvgIpc) is 3.13. The highest BCUT2D eigenvalue weighted by atomic mass is 32.1. The first-order chi connectivity index (χ1) is 12.7. The summed E-state index contributed by atoms with van der Waals surface area (Å²) in [5.74, 6) is 0.0718. The molecule has 140 valence electrons. The van der Waals surface area contributed by atoms with Crippen LogP contribution in [0.2, 0.25) is 0 Å². The third-order valence-corrected chi connectivity index (χ3v) is 5.36. The highest BCUT2D eigenvalue weighted by molar-refractivity contribution is 7.13. The van der Waals surface area contributed by atoms with Gasteiger partial charge < -0.3 is 10.1 Å². The van der Waals surface area contributed by atoms with Crippen LogP contribution in [0.1, 0.15) is 5.69 Å². The van der Waals surface area contributed by atoms with Crippen molar-refractivity contribution in [1.82, 2.24) is 20.1 Å². The molecule has 1 aromatic carbocycles. The Morgan fingerprint density at radius 2 is 1.92 bits per heavy atom. The van der Waals surface area contributed by atoms with E-state index in [1.807, 2.05) is 18.2 Å². The van der Waals surface area contributed by atoms with Gasteiger partial charge in [0.05, 0.1) is 18.8 Å². The predicted octanol–water partition coefficient (Wildman–Crippen LogP) is 1.69. The van der Waals surface area contributed by atoms with Gasteiger partial charge in [-0.1, -0.05) is 30.3 Å². The second-order valence-corrected chi connectivity index (χ2v) is 7.26. The van der Waals surface area contributed by atoms with Gasteiger partial charge in [-0.15, -0.1) is 11.3 Å². The fourth-order valence-electron chi connectivity index (χ4n) is 2.98. The number of hydrogen-bond acceptors (Lipinski definition) is 6. The summed E-state index contributed by atoms with van der Waals surface area (Å²) in [6.45, 7) is 6.21. The zero-order chi connectivity index (χ0) is 18.2. The molecule has 0 spiro atoms. The Kier molecular flexibility index (Phi) is 7.13. The summed E-state index contributed by atoms with van der Waals surface area (Å²) >= 11 is 1.70. The van der Waals surface area contributed by atoms with E-state index in [0.717, 1.165) is 43.4 Å². The highest BCUT2D eigenvalue weighted by Crippen LogP contribution is 2.24. The summed E-state index contributed by atoms with van der Waals surface area (Å²) in [6.07, 6.45) is 0. The Labute approximate surface area is 158 Å². The summed E-state index contributed by atoms with van der Waals surface area (Å²) in [5, 5.41) is 6.10. The number of hydrogen-bond donors (Lipinski definition) is 1. The Balaban J connectivity index is 1.42. The molecule has 7 heteroatoms. The van der Waals surface area contributed by atoms with Crippen molar-refractivity contribution in [2.75, 3.05) is 53.0 Å². The van der Waals surface area contributed by atoms with Gasteiger partial charge in [0.15, 0.2) is 0 Å². The molecule has 0 unspecified atom stereocenters. The number of carbonyl (C=O) groups excluding carboxylic acids is 1. The third kappa shape index (κ3) is 5.60. The standard InChI is InChI=1S/C19H26N4O2S/c1-25-12-7-20-18(24)14-23-10-8-22(9-11-23)13-17-15-26-19(21-17)16-5-3-2-4-6-16/h2-6,15H,7-14H2,1H3,(H,20,24). The van der Waals surface area contributed by atoms with E-state index >= 15 is 0 Å². The number of carbonyl (C=O) groups is 1. The molecule has 0 atom stereocenters. The first-order valence-corrected chi connectivity index (χ1v) is 9.83. The number of ether oxygens (including phenoxy) is 1. The van der Waals surface area contributed by atoms with Crippen molar-refractivity contribution in [3.63, 3.8) is 0 Å². The Hall–Kier alpha value is -1.80. The van der Waals surface area contributed by atoms with Crippen molar-refractivity contribution in [1.29, 1.82) is 0 Å². The van der Waals surface area contributed by atoms with Crippen LogP contribution < -0.4 is 5.32 Å². The quantitative estimate of drug-likeness (QED) is 0.713. The molecule has 1 aliphatic heterocycles. The van der Waals surface area contributed by atoms with Gasteiger partial charge in [-0.3, -0.25) is 14.6 Å². The molecule has 0 aliphatic carbocycles. The number of nitrogens with zero attached hydrogens (tertiary/aromatic N) is 3. The molecule has 2 aromatic rings. The maximum Gasteiger partial charge on any atom is 0.234 e. The number of piperazine rings is 1. The molecule has 3 rings (SSSR count). The number of methoxy groups -OCH3 is 1. The summed E-state index contributed by atoms with van der Waals surface area (Å²) in [7, 11) is 1.64. The summed E-state index contributed by atoms with van der Waals surface area (Å²) < 4.78 is 4.94. The van der Waals surface area contributed by atoms with Crippen LogP contribution in [0.5, 0.6) is 0 Å². The molecule has 1 aromatic heterocycles. The van der Waals surface area contributed by atoms with E-state index in [0.29, 0.717) is 19.7 Å². The first-order valence-electron chi connectivity index (χ1n) is 8.95. The number of benzene rings is 1. The van der Waals surface area contributed by atoms with E-state index in [-0.39, 0.29) is 5.91 Å². The van der Waals surface area contributed by atoms with Gasteiger partial charge in [0.25, 0.3) is 0 Å². The summed E-state index contributed by atoms with van der Waals surface area (Å²) in [6, 6.07) is 10.3. The average molecular weight is 375 g/mol. The van der Waals surface area contributed by atoms with Crippen LogP contribution in [0.25, 0.3) is 10.6 Å². The van der Waals surface area contributed by atoms with Crippen LogP contribution in [0.4, 0.5) is 0 Å². The van der Waals surface area contributed by atoms with Gasteiger partial charge in [-0.2, -0.15) is 0 Å². The van der Waals surface area contributed by atoms with Crippen molar-refractivity contribution < 1.29 is 9.53 Å². The molecule has 0 radical (unpaired) electrons. The lowest BCUT2D eigenvalue weighted by molar-refractivity contribution is -0.122. The molecule has 2 heterocycles. The molecule has 1 amide bonds. The van der Waals surface area contributed by atoms with Gasteiger partial charge in [-0.25, -0.2) is 4.98 Å². The SMILES string of the molecule is COCCNC(=O)CN1CCN(Cc2csc(-c3ccccc3)n2)CC1. The van der Waals surface area contributed by atoms with E-state index in [9.17, 15) is 4.79 Å². The van der Waals surface area contributed by atoms with Gasteiger partial charge in [-0.05, 0) is 0 Å². The fraction of sp³-hybridized carbons (Fsp3) is 0.474. The smallest absolute Gasteiger partial charge is 0.234 e. The summed E-state index contributed by atoms with van der Waals surface area (Å²) in [4.78, 5) is 21.2. The van der Waals surface area contributed by atoms with Crippen LogP contribution in [0.3, 0.4) is 0 Å². The van der Waals surface area contributed by atoms with Gasteiger partial charge in [0.1, 0.15) is 5.01 Å². The highest BCUT2D eigenvalue weighted by Gasteiger charge is 2.19. The predicted molar refractivity (Wildman–Crippen MR) is 104 cm³/mol. The number of thiazole rings is 1. The Morgan fingerprint density at radius 1 is 1.19 bits per heavy atom. The van der Waals surface area contributed by atoms with Gasteiger partial charge >= 0.3 is 0 Å². The lowest BCUT2D eigenvalue weighted by atomic mass is 10.2. The summed E-state index contributed by atoms with van der Waals surface area (Å²) in [5.41, 5.74) is 2.30. The van der Waals surface area contributed by atoms with Gasteiger partial charge in [0.2, 0.25) is 5.91 Å². The topological polar surface area (TPSA) is 57.7 Å². The van der Waals surface area contributed by atoms with Crippen LogP contribution in [-0.2, 0) is 16.1 Å². The monoisotopic (exact) mass is 374 g/mol. The van der Waals surface area contributed by atoms with E-state index in [2.05, 4.69) is 32.6 Å². The van der Waals surface area contributed by atoms with Crippen LogP contribution in [0.15, 0.2) is 35.7 Å². The number of rotatable bonds is 8. The zero-order valence-electron chi connectivity index (χ0n) is 15.2. The number of nitrogens with one attached hydrogen (secondary N) is 1. The van der Waals surface area contributed by atoms with E-state index in [1.165, 1.54) is 5.56 Å². The maximum absolute atomic E-state index is 11.9. The second-order valence-electron chi connectivity index (χ2n) is 6.41. The Bertz CT molecular complexity index is 684. The third-order valence-electron chi connectivity index (χ3n) is 4.42. The van der Waals surface area contributed by atoms with E-state index in [1.54, 1.807) is 18.4 Å². The van der Waals surface area contributed by atoms with Crippen molar-refractivity contribution in [2.24, 2.45) is 0 Å². The van der Waals surface area contributed by atoms with Crippen molar-refractivity contribution in [3.05, 3.63) is 41.4 Å². The molecule has 0 bridgehead atoms. The lowest BCUT2D eigenvalue weighted by Crippen LogP contribution is -2.49. The molecule has 1 N–H and O–H groups in total. The fourth-order valence-corrected chi connectivity index (χ4v) is 3.80. The van der Waals surface area contributed by atoms with Crippen LogP contribution in [-0.4, -0.2) is 73.7 Å². The number of amides is 1. The van der Waals surface area contributed by atoms with Gasteiger partial charge in [0, 0.05) is 57.3 Å². The second kappa shape index (κ2) is 9.78.